The molecule has 1 aromatic heterocycles. The van der Waals surface area contributed by atoms with Gasteiger partial charge in [0.05, 0.1) is 25.8 Å². The van der Waals surface area contributed by atoms with Gasteiger partial charge >= 0.3 is 0 Å². The van der Waals surface area contributed by atoms with Crippen LogP contribution in [0.4, 0.5) is 5.69 Å². The van der Waals surface area contributed by atoms with Gasteiger partial charge in [-0.25, -0.2) is 4.68 Å². The van der Waals surface area contributed by atoms with Crippen molar-refractivity contribution in [3.63, 3.8) is 0 Å². The molecular formula is C30H31N5O7. The largest absolute Gasteiger partial charge is 0.497 e. The molecule has 0 unspecified atom stereocenters. The number of anilines is 1. The summed E-state index contributed by atoms with van der Waals surface area (Å²) in [5, 5.41) is 11.4. The molecule has 0 spiro atoms. The molecule has 4 aromatic rings. The third kappa shape index (κ3) is 5.40. The summed E-state index contributed by atoms with van der Waals surface area (Å²) >= 11 is 0. The number of hydrogen-bond acceptors (Lipinski definition) is 9. The fraction of sp³-hybridized carbons (Fsp3) is 0.333. The average Bonchev–Trinajstić information content (AvgIpc) is 3.80. The summed E-state index contributed by atoms with van der Waals surface area (Å²) in [4.78, 5) is 29.9. The van der Waals surface area contributed by atoms with Crippen LogP contribution in [0, 0.1) is 0 Å². The zero-order chi connectivity index (χ0) is 29.1. The highest BCUT2D eigenvalue weighted by Crippen LogP contribution is 2.40. The van der Waals surface area contributed by atoms with E-state index in [-0.39, 0.29) is 19.4 Å². The molecule has 12 nitrogen and oxygen atoms in total. The van der Waals surface area contributed by atoms with Crippen molar-refractivity contribution in [2.45, 2.75) is 31.5 Å². The molecular weight excluding hydrogens is 542 g/mol. The lowest BCUT2D eigenvalue weighted by Crippen LogP contribution is -2.46. The third-order valence-electron chi connectivity index (χ3n) is 7.38. The number of aromatic nitrogens is 3. The minimum absolute atomic E-state index is 0.0648. The fourth-order valence-corrected chi connectivity index (χ4v) is 5.27. The lowest BCUT2D eigenvalue weighted by atomic mass is 10.0. The molecule has 2 amide bonds. The first-order chi connectivity index (χ1) is 20.6. The van der Waals surface area contributed by atoms with Gasteiger partial charge in [0.25, 0.3) is 0 Å². The molecule has 1 N–H and O–H groups in total. The number of rotatable bonds is 10. The quantitative estimate of drug-likeness (QED) is 0.304. The van der Waals surface area contributed by atoms with E-state index >= 15 is 0 Å². The number of carbonyl (C=O) groups excluding carboxylic acids is 2. The number of carbonyl (C=O) groups is 2. The third-order valence-corrected chi connectivity index (χ3v) is 7.38. The van der Waals surface area contributed by atoms with Gasteiger partial charge in [0.15, 0.2) is 11.5 Å². The molecule has 1 fully saturated rings. The van der Waals surface area contributed by atoms with Crippen LogP contribution in [0.15, 0.2) is 60.7 Å². The molecule has 42 heavy (non-hydrogen) atoms. The van der Waals surface area contributed by atoms with E-state index in [0.29, 0.717) is 58.4 Å². The van der Waals surface area contributed by atoms with Crippen LogP contribution in [0.25, 0.3) is 11.0 Å². The van der Waals surface area contributed by atoms with Crippen LogP contribution in [0.2, 0.25) is 0 Å². The summed E-state index contributed by atoms with van der Waals surface area (Å²) < 4.78 is 29.5. The monoisotopic (exact) mass is 573 g/mol. The average molecular weight is 574 g/mol. The Kier molecular flexibility index (Phi) is 7.78. The van der Waals surface area contributed by atoms with E-state index in [9.17, 15) is 9.59 Å². The van der Waals surface area contributed by atoms with Crippen molar-refractivity contribution < 1.29 is 33.3 Å². The highest BCUT2D eigenvalue weighted by molar-refractivity contribution is 6.02. The molecule has 1 saturated heterocycles. The molecule has 0 aliphatic carbocycles. The van der Waals surface area contributed by atoms with Gasteiger partial charge in [-0.05, 0) is 49.2 Å². The number of amides is 2. The Hall–Kier alpha value is -4.84. The molecule has 2 aliphatic heterocycles. The normalized spacial score (nSPS) is 16.3. The Morgan fingerprint density at radius 2 is 1.93 bits per heavy atom. The molecule has 0 saturated carbocycles. The van der Waals surface area contributed by atoms with Gasteiger partial charge in [-0.1, -0.05) is 17.3 Å². The standard InChI is InChI=1S/C30H31N5O7/c1-38-20-10-11-22(26(15-20)39-2)29(30(37)31-16-21-6-5-13-40-21)35(19-9-12-25-27(14-19)42-18-41-25)28(36)17-34-24-8-4-3-7-23(24)32-33-34/h3-4,7-12,14-15,21,29H,5-6,13,16-18H2,1-2H3,(H,31,37)/t21-,29+/m1/s1. The predicted octanol–water partition coefficient (Wildman–Crippen LogP) is 3.25. The van der Waals surface area contributed by atoms with Gasteiger partial charge in [-0.3, -0.25) is 14.5 Å². The molecule has 6 rings (SSSR count). The maximum Gasteiger partial charge on any atom is 0.249 e. The van der Waals surface area contributed by atoms with E-state index in [2.05, 4.69) is 15.6 Å². The van der Waals surface area contributed by atoms with Crippen LogP contribution in [-0.2, 0) is 20.9 Å². The maximum atomic E-state index is 14.4. The second-order valence-corrected chi connectivity index (χ2v) is 9.93. The van der Waals surface area contributed by atoms with Crippen LogP contribution < -0.4 is 29.2 Å². The number of nitrogens with zero attached hydrogens (tertiary/aromatic N) is 4. The minimum atomic E-state index is -1.13. The van der Waals surface area contributed by atoms with Crippen LogP contribution in [-0.4, -0.2) is 67.1 Å². The summed E-state index contributed by atoms with van der Waals surface area (Å²) in [6.45, 7) is 0.854. The number of para-hydroxylation sites is 1. The van der Waals surface area contributed by atoms with Gasteiger partial charge in [-0.2, -0.15) is 0 Å². The Balaban J connectivity index is 1.44. The molecule has 2 atom stereocenters. The van der Waals surface area contributed by atoms with Crippen molar-refractivity contribution >= 4 is 28.5 Å². The van der Waals surface area contributed by atoms with Crippen LogP contribution in [0.1, 0.15) is 24.4 Å². The number of hydrogen-bond donors (Lipinski definition) is 1. The van der Waals surface area contributed by atoms with Gasteiger partial charge in [-0.15, -0.1) is 5.10 Å². The summed E-state index contributed by atoms with van der Waals surface area (Å²) in [7, 11) is 3.05. The SMILES string of the molecule is COc1ccc([C@@H](C(=O)NC[C@H]2CCCO2)N(C(=O)Cn2nnc3ccccc32)c2ccc3c(c2)OCO3)c(OC)c1. The van der Waals surface area contributed by atoms with Gasteiger partial charge in [0, 0.05) is 36.5 Å². The van der Waals surface area contributed by atoms with Gasteiger partial charge in [0.1, 0.15) is 29.6 Å². The van der Waals surface area contributed by atoms with Crippen molar-refractivity contribution in [1.29, 1.82) is 0 Å². The van der Waals surface area contributed by atoms with Gasteiger partial charge in [0.2, 0.25) is 18.6 Å². The van der Waals surface area contributed by atoms with Gasteiger partial charge < -0.3 is 29.0 Å². The Bertz CT molecular complexity index is 1600. The number of fused-ring (bicyclic) bond motifs is 2. The molecule has 3 heterocycles. The van der Waals surface area contributed by atoms with E-state index in [4.69, 9.17) is 23.7 Å². The van der Waals surface area contributed by atoms with Crippen molar-refractivity contribution in [2.24, 2.45) is 0 Å². The van der Waals surface area contributed by atoms with Crippen molar-refractivity contribution in [2.75, 3.05) is 39.1 Å². The first kappa shape index (κ1) is 27.3. The number of ether oxygens (including phenoxy) is 5. The lowest BCUT2D eigenvalue weighted by molar-refractivity contribution is -0.127. The van der Waals surface area contributed by atoms with E-state index in [1.807, 2.05) is 24.3 Å². The number of nitrogens with one attached hydrogen (secondary N) is 1. The molecule has 0 bridgehead atoms. The Labute approximate surface area is 242 Å². The molecule has 3 aromatic carbocycles. The van der Waals surface area contributed by atoms with Crippen molar-refractivity contribution in [3.05, 3.63) is 66.2 Å². The fourth-order valence-electron chi connectivity index (χ4n) is 5.27. The number of methoxy groups -OCH3 is 2. The highest BCUT2D eigenvalue weighted by atomic mass is 16.7. The van der Waals surface area contributed by atoms with E-state index < -0.39 is 17.9 Å². The summed E-state index contributed by atoms with van der Waals surface area (Å²) in [5.74, 6) is 1.15. The highest BCUT2D eigenvalue weighted by Gasteiger charge is 2.36. The maximum absolute atomic E-state index is 14.4. The van der Waals surface area contributed by atoms with Crippen LogP contribution >= 0.6 is 0 Å². The summed E-state index contributed by atoms with van der Waals surface area (Å²) in [6.07, 6.45) is 1.69. The Morgan fingerprint density at radius 1 is 1.07 bits per heavy atom. The van der Waals surface area contributed by atoms with Crippen LogP contribution in [0.3, 0.4) is 0 Å². The molecule has 218 valence electrons. The summed E-state index contributed by atoms with van der Waals surface area (Å²) in [6, 6.07) is 16.5. The molecule has 0 radical (unpaired) electrons. The van der Waals surface area contributed by atoms with Crippen molar-refractivity contribution in [1.82, 2.24) is 20.3 Å². The minimum Gasteiger partial charge on any atom is -0.497 e. The second kappa shape index (κ2) is 12.0. The van der Waals surface area contributed by atoms with E-state index in [0.717, 1.165) is 12.8 Å². The van der Waals surface area contributed by atoms with Crippen molar-refractivity contribution in [3.8, 4) is 23.0 Å². The lowest BCUT2D eigenvalue weighted by Gasteiger charge is -2.32. The topological polar surface area (TPSA) is 126 Å². The predicted molar refractivity (Wildman–Crippen MR) is 152 cm³/mol. The van der Waals surface area contributed by atoms with E-state index in [1.165, 1.54) is 16.7 Å². The smallest absolute Gasteiger partial charge is 0.249 e. The van der Waals surface area contributed by atoms with Crippen LogP contribution in [0.5, 0.6) is 23.0 Å². The second-order valence-electron chi connectivity index (χ2n) is 9.93. The molecule has 12 heteroatoms. The summed E-state index contributed by atoms with van der Waals surface area (Å²) in [5.41, 5.74) is 2.25. The zero-order valence-corrected chi connectivity index (χ0v) is 23.3. The first-order valence-electron chi connectivity index (χ1n) is 13.7. The molecule has 2 aliphatic rings. The Morgan fingerprint density at radius 3 is 2.74 bits per heavy atom. The van der Waals surface area contributed by atoms with E-state index in [1.54, 1.807) is 43.5 Å². The number of benzene rings is 3. The zero-order valence-electron chi connectivity index (χ0n) is 23.3. The first-order valence-corrected chi connectivity index (χ1v) is 13.7.